The fourth-order valence-corrected chi connectivity index (χ4v) is 17.8. The second-order valence-corrected chi connectivity index (χ2v) is 41.5. The minimum atomic E-state index is -0.605. The fourth-order valence-electron chi connectivity index (χ4n) is 13.0. The van der Waals surface area contributed by atoms with E-state index in [4.69, 9.17) is 47.4 Å². The zero-order valence-corrected chi connectivity index (χ0v) is 88.2. The van der Waals surface area contributed by atoms with E-state index in [0.29, 0.717) is 126 Å². The van der Waals surface area contributed by atoms with Crippen LogP contribution in [0.5, 0.6) is 5.75 Å². The molecule has 28 heteroatoms. The third kappa shape index (κ3) is 61.0. The number of Topliss-reactive ketones (excluding diaryl/α,β-unsaturated/α-hetero) is 6. The molecule has 754 valence electrons. The average Bonchev–Trinajstić information content (AvgIpc) is 0.866. The SMILES string of the molecule is CC(C)(C)OC(=O)C(CC(=O)CSc1ccccc1)Cc1ccc(O)cc1.CCCCC(CC(=O)CSc1ccccc1)C(=O)OC.CC[C@H](C)[C@H](CC(=O)CSc1ccccc1)C(=O)OC.CC[C@H](C)[C@H](CC(=O)CSc1ccccc1)C(=O)OC(C)(C)C.COC(=O)[C@H](CC(=O)CSc1ccccc1)CC(C)C.O=C(CCC1COCCOCCOCCOCCO1)CSc1ccccc1. The number of ketones is 6. The van der Waals surface area contributed by atoms with Crippen molar-refractivity contribution in [1.29, 1.82) is 0 Å². The summed E-state index contributed by atoms with van der Waals surface area (Å²) >= 11 is 9.08. The van der Waals surface area contributed by atoms with Crippen molar-refractivity contribution in [2.24, 2.45) is 47.3 Å². The number of benzene rings is 7. The van der Waals surface area contributed by atoms with Gasteiger partial charge in [-0.3, -0.25) is 52.7 Å². The van der Waals surface area contributed by atoms with Crippen molar-refractivity contribution in [3.63, 3.8) is 0 Å². The van der Waals surface area contributed by atoms with Crippen molar-refractivity contribution in [1.82, 2.24) is 0 Å². The maximum absolute atomic E-state index is 12.6. The molecule has 0 bridgehead atoms. The van der Waals surface area contributed by atoms with E-state index in [1.807, 2.05) is 265 Å². The topological polar surface area (TPSA) is 300 Å². The Kier molecular flexibility index (Phi) is 66.0. The molecule has 8 rings (SSSR count). The summed E-state index contributed by atoms with van der Waals surface area (Å²) in [7, 11) is 4.13. The number of hydrogen-bond acceptors (Lipinski definition) is 28. The zero-order chi connectivity index (χ0) is 101. The summed E-state index contributed by atoms with van der Waals surface area (Å²) < 4.78 is 53.1. The molecule has 0 saturated carbocycles. The quantitative estimate of drug-likeness (QED) is 0.0210. The van der Waals surface area contributed by atoms with E-state index in [0.717, 1.165) is 67.0 Å². The van der Waals surface area contributed by atoms with E-state index in [-0.39, 0.29) is 144 Å². The van der Waals surface area contributed by atoms with Crippen LogP contribution in [0.2, 0.25) is 0 Å². The number of esters is 5. The first-order valence-corrected chi connectivity index (χ1v) is 53.1. The molecule has 0 aliphatic carbocycles. The molecule has 137 heavy (non-hydrogen) atoms. The first-order chi connectivity index (χ1) is 65.6. The van der Waals surface area contributed by atoms with Crippen molar-refractivity contribution in [2.45, 2.75) is 227 Å². The molecular weight excluding hydrogens is 1850 g/mol. The molecule has 0 radical (unpaired) electrons. The molecule has 1 saturated heterocycles. The number of methoxy groups -OCH3 is 3. The molecule has 1 aliphatic rings. The van der Waals surface area contributed by atoms with Gasteiger partial charge in [0.25, 0.3) is 0 Å². The zero-order valence-electron chi connectivity index (χ0n) is 83.3. The van der Waals surface area contributed by atoms with Gasteiger partial charge in [-0.1, -0.05) is 195 Å². The van der Waals surface area contributed by atoms with E-state index in [1.165, 1.54) is 80.1 Å². The highest BCUT2D eigenvalue weighted by Crippen LogP contribution is 2.31. The molecule has 7 aromatic carbocycles. The van der Waals surface area contributed by atoms with Gasteiger partial charge >= 0.3 is 29.8 Å². The summed E-state index contributed by atoms with van der Waals surface area (Å²) in [4.78, 5) is 139. The van der Waals surface area contributed by atoms with Crippen LogP contribution in [-0.2, 0) is 107 Å². The second-order valence-electron chi connectivity index (χ2n) is 35.2. The third-order valence-corrected chi connectivity index (χ3v) is 27.1. The van der Waals surface area contributed by atoms with Crippen LogP contribution in [-0.4, -0.2) is 202 Å². The van der Waals surface area contributed by atoms with Gasteiger partial charge in [0.05, 0.1) is 151 Å². The van der Waals surface area contributed by atoms with Crippen LogP contribution in [0.15, 0.2) is 236 Å². The van der Waals surface area contributed by atoms with E-state index in [9.17, 15) is 57.8 Å². The predicted octanol–water partition coefficient (Wildman–Crippen LogP) is 22.8. The lowest BCUT2D eigenvalue weighted by Gasteiger charge is -2.26. The lowest BCUT2D eigenvalue weighted by atomic mass is 9.87. The number of thioether (sulfide) groups is 6. The van der Waals surface area contributed by atoms with Gasteiger partial charge in [-0.15, -0.1) is 70.6 Å². The molecular formula is C109H150O22S6. The van der Waals surface area contributed by atoms with Crippen LogP contribution in [0.4, 0.5) is 0 Å². The van der Waals surface area contributed by atoms with Gasteiger partial charge in [0, 0.05) is 67.9 Å². The summed E-state index contributed by atoms with van der Waals surface area (Å²) in [5.74, 6) is 0.551. The number of phenols is 1. The second kappa shape index (κ2) is 73.7. The van der Waals surface area contributed by atoms with Gasteiger partial charge in [-0.25, -0.2) is 0 Å². The molecule has 22 nitrogen and oxygen atoms in total. The van der Waals surface area contributed by atoms with Crippen LogP contribution in [0.3, 0.4) is 0 Å². The highest BCUT2D eigenvalue weighted by atomic mass is 32.2. The molecule has 1 heterocycles. The molecule has 3 unspecified atom stereocenters. The number of ether oxygens (including phenoxy) is 10. The van der Waals surface area contributed by atoms with Crippen LogP contribution >= 0.6 is 70.6 Å². The number of carbonyl (C=O) groups excluding carboxylic acids is 11. The van der Waals surface area contributed by atoms with E-state index >= 15 is 0 Å². The minimum Gasteiger partial charge on any atom is -0.508 e. The molecule has 1 fully saturated rings. The number of phenolic OH excluding ortho intramolecular Hbond substituents is 1. The summed E-state index contributed by atoms with van der Waals surface area (Å²) in [6.45, 7) is 29.9. The minimum absolute atomic E-state index is 0.0125. The molecule has 0 aromatic heterocycles. The Balaban J connectivity index is 0.000000425. The smallest absolute Gasteiger partial charge is 0.310 e. The number of aromatic hydroxyl groups is 1. The largest absolute Gasteiger partial charge is 0.508 e. The third-order valence-electron chi connectivity index (χ3n) is 20.7. The maximum atomic E-state index is 12.6. The van der Waals surface area contributed by atoms with Crippen molar-refractivity contribution >= 4 is 135 Å². The van der Waals surface area contributed by atoms with Gasteiger partial charge in [-0.2, -0.15) is 0 Å². The maximum Gasteiger partial charge on any atom is 0.310 e. The summed E-state index contributed by atoms with van der Waals surface area (Å²) in [6, 6.07) is 65.6. The van der Waals surface area contributed by atoms with Gasteiger partial charge in [0.1, 0.15) is 51.7 Å². The Morgan fingerprint density at radius 1 is 0.365 bits per heavy atom. The number of rotatable bonds is 47. The van der Waals surface area contributed by atoms with Crippen LogP contribution in [0, 0.1) is 47.3 Å². The van der Waals surface area contributed by atoms with Crippen molar-refractivity contribution < 1.29 is 105 Å². The van der Waals surface area contributed by atoms with Crippen LogP contribution in [0.25, 0.3) is 0 Å². The predicted molar refractivity (Wildman–Crippen MR) is 553 cm³/mol. The molecule has 1 N–H and O–H groups in total. The summed E-state index contributed by atoms with van der Waals surface area (Å²) in [5, 5.41) is 9.43. The van der Waals surface area contributed by atoms with Gasteiger partial charge in [0.15, 0.2) is 0 Å². The lowest BCUT2D eigenvalue weighted by molar-refractivity contribution is -0.163. The average molecular weight is 2000 g/mol. The van der Waals surface area contributed by atoms with Gasteiger partial charge in [0.2, 0.25) is 0 Å². The van der Waals surface area contributed by atoms with Crippen molar-refractivity contribution in [3.8, 4) is 5.75 Å². The van der Waals surface area contributed by atoms with Crippen molar-refractivity contribution in [2.75, 3.05) is 115 Å². The Bertz CT molecular complexity index is 4470. The first kappa shape index (κ1) is 123. The lowest BCUT2D eigenvalue weighted by Crippen LogP contribution is -2.33. The fraction of sp³-hybridized carbons (Fsp3) is 0.514. The Hall–Kier alpha value is -8.39. The van der Waals surface area contributed by atoms with Gasteiger partial charge < -0.3 is 52.5 Å². The standard InChI is InChI=1S/C22H26O4S.C20H30O6S.C19H28O3S.3C16H22O3S/c1-22(2,3)26-21(25)17(13-16-9-11-18(23)12-10-16)14-19(24)15-27-20-7-5-4-6-8-20;21-18(17-27-20-4-2-1-3-5-20)6-7-19-16-25-13-12-23-9-8-22-10-11-24-14-15-26-19;1-6-14(2)17(18(21)22-19(3,4)5)12-15(20)13-23-16-10-8-7-9-11-16;1-12(2)9-13(16(18)19-3)10-14(17)11-20-15-7-5-4-6-8-15;1-4-12(2)15(16(18)19-3)10-13(17)11-20-14-8-6-5-7-9-14;1-3-4-8-13(16(18)19-2)11-14(17)12-20-15-9-6-5-7-10-15/h4-12,17,23H,13-15H2,1-3H3;1-5,19H,6-17H2;7-11,14,17H,6,12-13H2,1-5H3;4-8,12-13H,9-11H2,1-3H3;5-9,12,15H,4,10-11H2,1-3H3;5-7,9-10,13H,3-4,8,11-12H2,1-2H3/t;;14-,17-;13-;12-,15-;/m..000./s1. The summed E-state index contributed by atoms with van der Waals surface area (Å²) in [6.07, 6.45) is 7.72. The van der Waals surface area contributed by atoms with Crippen LogP contribution < -0.4 is 0 Å². The number of unbranched alkanes of at least 4 members (excludes halogenated alkanes) is 1. The highest BCUT2D eigenvalue weighted by molar-refractivity contribution is 8.01. The molecule has 0 spiro atoms. The van der Waals surface area contributed by atoms with Gasteiger partial charge in [-0.05, 0) is 175 Å². The molecule has 1 aliphatic heterocycles. The molecule has 7 aromatic rings. The monoisotopic (exact) mass is 2000 g/mol. The summed E-state index contributed by atoms with van der Waals surface area (Å²) in [5.41, 5.74) is -0.247. The van der Waals surface area contributed by atoms with E-state index in [1.54, 1.807) is 36.0 Å². The first-order valence-electron chi connectivity index (χ1n) is 47.1. The highest BCUT2D eigenvalue weighted by Gasteiger charge is 2.33. The Morgan fingerprint density at radius 2 is 0.672 bits per heavy atom. The van der Waals surface area contributed by atoms with Crippen molar-refractivity contribution in [3.05, 3.63) is 212 Å². The number of hydrogen-bond donors (Lipinski definition) is 1. The molecule has 8 atom stereocenters. The normalized spacial score (nSPS) is 14.5. The van der Waals surface area contributed by atoms with E-state index < -0.39 is 17.1 Å². The van der Waals surface area contributed by atoms with Crippen LogP contribution in [0.1, 0.15) is 179 Å². The number of carbonyl (C=O) groups is 11. The molecule has 0 amide bonds. The Labute approximate surface area is 841 Å². The van der Waals surface area contributed by atoms with E-state index in [2.05, 4.69) is 6.92 Å². The Morgan fingerprint density at radius 3 is 1.01 bits per heavy atom.